The summed E-state index contributed by atoms with van der Waals surface area (Å²) >= 11 is 12.1. The van der Waals surface area contributed by atoms with E-state index < -0.39 is 67.7 Å². The van der Waals surface area contributed by atoms with Crippen LogP contribution in [0.15, 0.2) is 53.3 Å². The van der Waals surface area contributed by atoms with Crippen molar-refractivity contribution in [2.24, 2.45) is 0 Å². The van der Waals surface area contributed by atoms with Crippen molar-refractivity contribution in [2.45, 2.75) is 37.1 Å². The Labute approximate surface area is 252 Å². The number of amides is 1. The number of nitrogens with zero attached hydrogens (tertiary/aromatic N) is 7. The normalized spacial score (nSPS) is 15.7. The maximum Gasteiger partial charge on any atom is 0.420 e. The van der Waals surface area contributed by atoms with Crippen LogP contribution in [0.2, 0.25) is 10.0 Å². The van der Waals surface area contributed by atoms with Gasteiger partial charge in [0.25, 0.3) is 5.91 Å². The van der Waals surface area contributed by atoms with Crippen LogP contribution >= 0.6 is 23.2 Å². The number of rotatable bonds is 7. The smallest absolute Gasteiger partial charge is 0.382 e. The Balaban J connectivity index is 1.54. The number of aliphatic hydroxyl groups excluding tert-OH is 1. The van der Waals surface area contributed by atoms with Crippen molar-refractivity contribution in [3.05, 3.63) is 80.7 Å². The highest BCUT2D eigenvalue weighted by Gasteiger charge is 2.62. The van der Waals surface area contributed by atoms with Crippen LogP contribution in [0.3, 0.4) is 0 Å². The Bertz CT molecular complexity index is 1760. The summed E-state index contributed by atoms with van der Waals surface area (Å²) < 4.78 is 81.2. The van der Waals surface area contributed by atoms with Crippen LogP contribution in [0.1, 0.15) is 16.4 Å². The largest absolute Gasteiger partial charge is 0.420 e. The van der Waals surface area contributed by atoms with E-state index in [0.29, 0.717) is 19.2 Å². The van der Waals surface area contributed by atoms with Crippen molar-refractivity contribution in [1.29, 1.82) is 0 Å². The van der Waals surface area contributed by atoms with E-state index in [4.69, 9.17) is 23.2 Å². The zero-order chi connectivity index (χ0) is 32.2. The third-order valence-corrected chi connectivity index (χ3v) is 7.26. The Morgan fingerprint density at radius 2 is 1.64 bits per heavy atom. The highest BCUT2D eigenvalue weighted by molar-refractivity contribution is 6.32. The molecule has 44 heavy (non-hydrogen) atoms. The molecule has 0 saturated carbocycles. The van der Waals surface area contributed by atoms with Crippen molar-refractivity contribution in [3.8, 4) is 17.1 Å². The predicted molar refractivity (Wildman–Crippen MR) is 141 cm³/mol. The molecule has 2 aromatic heterocycles. The highest BCUT2D eigenvalue weighted by Crippen LogP contribution is 2.38. The summed E-state index contributed by atoms with van der Waals surface area (Å²) in [6.07, 6.45) is -13.0. The molecule has 0 spiro atoms. The first-order valence-corrected chi connectivity index (χ1v) is 13.2. The van der Waals surface area contributed by atoms with Crippen molar-refractivity contribution >= 4 is 29.1 Å². The molecule has 0 aliphatic carbocycles. The van der Waals surface area contributed by atoms with Crippen LogP contribution in [0.5, 0.6) is 0 Å². The average Bonchev–Trinajstić information content (AvgIpc) is 3.47. The summed E-state index contributed by atoms with van der Waals surface area (Å²) in [7, 11) is 0. The molecular formula is C25H19Cl2F6N7O4. The number of halogens is 8. The number of carbonyl (C=O) groups is 1. The molecule has 1 amide bonds. The second-order valence-corrected chi connectivity index (χ2v) is 10.7. The molecule has 0 unspecified atom stereocenters. The summed E-state index contributed by atoms with van der Waals surface area (Å²) in [5.41, 5.74) is -3.94. The number of β-amino-alcohol motifs (C(OH)–C–C–N with tert-alkyl or cyclic N) is 1. The van der Waals surface area contributed by atoms with E-state index in [1.54, 1.807) is 6.07 Å². The molecule has 1 aliphatic rings. The summed E-state index contributed by atoms with van der Waals surface area (Å²) in [6, 6.07) is 11.6. The van der Waals surface area contributed by atoms with Gasteiger partial charge in [-0.05, 0) is 36.4 Å². The van der Waals surface area contributed by atoms with E-state index in [-0.39, 0.29) is 27.9 Å². The summed E-state index contributed by atoms with van der Waals surface area (Å²) in [5, 5.41) is 28.1. The van der Waals surface area contributed by atoms with Gasteiger partial charge in [-0.2, -0.15) is 26.3 Å². The fraction of sp³-hybridized carbons (Fsp3) is 0.320. The van der Waals surface area contributed by atoms with Crippen LogP contribution in [-0.2, 0) is 13.1 Å². The number of aromatic nitrogens is 6. The number of hydrogen-bond acceptors (Lipinski definition) is 7. The van der Waals surface area contributed by atoms with Gasteiger partial charge in [0.2, 0.25) is 5.82 Å². The van der Waals surface area contributed by atoms with E-state index in [1.165, 1.54) is 42.5 Å². The number of likely N-dealkylation sites (tertiary alicyclic amines) is 1. The van der Waals surface area contributed by atoms with Crippen molar-refractivity contribution in [1.82, 2.24) is 34.0 Å². The molecule has 4 aromatic rings. The number of aliphatic hydroxyl groups is 2. The molecule has 1 aliphatic heterocycles. The summed E-state index contributed by atoms with van der Waals surface area (Å²) in [4.78, 5) is 31.2. The molecule has 0 bridgehead atoms. The third-order valence-electron chi connectivity index (χ3n) is 6.69. The minimum atomic E-state index is -5.06. The van der Waals surface area contributed by atoms with Crippen LogP contribution in [0.4, 0.5) is 26.3 Å². The van der Waals surface area contributed by atoms with Crippen LogP contribution in [-0.4, -0.2) is 87.3 Å². The SMILES string of the molecule is O=C(c1nc(Cn2nc(-c3ccc(Cl)cc3)n(C[C@H](O)C(F)(F)F)c2=O)nn1-c1ccccc1Cl)N1CC(O)(C(F)(F)F)C1. The van der Waals surface area contributed by atoms with Crippen molar-refractivity contribution in [3.63, 3.8) is 0 Å². The van der Waals surface area contributed by atoms with Gasteiger partial charge >= 0.3 is 18.0 Å². The minimum absolute atomic E-state index is 0.0704. The first kappa shape index (κ1) is 31.5. The Morgan fingerprint density at radius 1 is 1.00 bits per heavy atom. The number of alkyl halides is 6. The fourth-order valence-electron chi connectivity index (χ4n) is 4.33. The van der Waals surface area contributed by atoms with E-state index >= 15 is 0 Å². The van der Waals surface area contributed by atoms with Gasteiger partial charge in [-0.25, -0.2) is 19.1 Å². The topological polar surface area (TPSA) is 131 Å². The second kappa shape index (κ2) is 11.2. The lowest BCUT2D eigenvalue weighted by atomic mass is 9.93. The van der Waals surface area contributed by atoms with E-state index in [1.807, 2.05) is 0 Å². The number of carbonyl (C=O) groups excluding carboxylic acids is 1. The molecule has 19 heteroatoms. The molecule has 2 aromatic carbocycles. The van der Waals surface area contributed by atoms with E-state index in [0.717, 1.165) is 4.68 Å². The zero-order valence-corrected chi connectivity index (χ0v) is 23.4. The standard InChI is InChI=1S/C25H19Cl2F6N7O4/c26-14-7-5-13(6-8-14)19-36-39(22(43)38(19)9-17(41)24(28,29)30)10-18-34-20(40(35-18)16-4-2-1-3-15(16)27)21(42)37-11-23(44,12-37)25(31,32)33/h1-8,17,41,44H,9-12H2/t17-/m0/s1. The van der Waals surface area contributed by atoms with Gasteiger partial charge in [0.15, 0.2) is 23.4 Å². The van der Waals surface area contributed by atoms with Gasteiger partial charge in [0, 0.05) is 10.6 Å². The zero-order valence-electron chi connectivity index (χ0n) is 21.9. The average molecular weight is 666 g/mol. The molecule has 3 heterocycles. The Hall–Kier alpha value is -3.93. The maximum atomic E-state index is 13.2. The van der Waals surface area contributed by atoms with Gasteiger partial charge < -0.3 is 15.1 Å². The van der Waals surface area contributed by atoms with Gasteiger partial charge in [-0.3, -0.25) is 9.36 Å². The Kier molecular flexibility index (Phi) is 8.02. The van der Waals surface area contributed by atoms with E-state index in [9.17, 15) is 46.1 Å². The van der Waals surface area contributed by atoms with Gasteiger partial charge in [0.1, 0.15) is 6.54 Å². The molecule has 11 nitrogen and oxygen atoms in total. The highest BCUT2D eigenvalue weighted by atomic mass is 35.5. The molecular weight excluding hydrogens is 647 g/mol. The van der Waals surface area contributed by atoms with Crippen LogP contribution < -0.4 is 5.69 Å². The molecule has 0 radical (unpaired) electrons. The van der Waals surface area contributed by atoms with Gasteiger partial charge in [-0.1, -0.05) is 35.3 Å². The molecule has 5 rings (SSSR count). The lowest BCUT2D eigenvalue weighted by Crippen LogP contribution is -2.70. The predicted octanol–water partition coefficient (Wildman–Crippen LogP) is 3.32. The minimum Gasteiger partial charge on any atom is -0.382 e. The molecule has 1 saturated heterocycles. The second-order valence-electron chi connectivity index (χ2n) is 9.84. The lowest BCUT2D eigenvalue weighted by molar-refractivity contribution is -0.294. The molecule has 1 fully saturated rings. The first-order chi connectivity index (χ1) is 20.5. The Morgan fingerprint density at radius 3 is 2.23 bits per heavy atom. The third kappa shape index (κ3) is 5.91. The molecule has 2 N–H and O–H groups in total. The number of hydrogen-bond donors (Lipinski definition) is 2. The monoisotopic (exact) mass is 665 g/mol. The maximum absolute atomic E-state index is 13.2. The molecule has 234 valence electrons. The first-order valence-electron chi connectivity index (χ1n) is 12.5. The van der Waals surface area contributed by atoms with E-state index in [2.05, 4.69) is 15.2 Å². The van der Waals surface area contributed by atoms with Crippen molar-refractivity contribution < 1.29 is 41.4 Å². The number of benzene rings is 2. The molecule has 1 atom stereocenters. The lowest BCUT2D eigenvalue weighted by Gasteiger charge is -2.46. The number of para-hydroxylation sites is 1. The fourth-order valence-corrected chi connectivity index (χ4v) is 4.67. The van der Waals surface area contributed by atoms with Crippen LogP contribution in [0, 0.1) is 0 Å². The van der Waals surface area contributed by atoms with Gasteiger partial charge in [-0.15, -0.1) is 10.2 Å². The van der Waals surface area contributed by atoms with Crippen molar-refractivity contribution in [2.75, 3.05) is 13.1 Å². The van der Waals surface area contributed by atoms with Gasteiger partial charge in [0.05, 0.1) is 30.3 Å². The van der Waals surface area contributed by atoms with Crippen LogP contribution in [0.25, 0.3) is 17.1 Å². The quantitative estimate of drug-likeness (QED) is 0.290. The summed E-state index contributed by atoms with van der Waals surface area (Å²) in [5.74, 6) is -2.12. The summed E-state index contributed by atoms with van der Waals surface area (Å²) in [6.45, 7) is -3.97.